The Hall–Kier alpha value is -1.00. The second-order valence-corrected chi connectivity index (χ2v) is 4.58. The molecule has 1 aliphatic heterocycles. The van der Waals surface area contributed by atoms with Gasteiger partial charge in [-0.1, -0.05) is 30.3 Å². The standard InChI is InChI=1S/C13H18F2N2/c1-10-8-17(9-13(14)15)12(7-16-10)11-5-3-2-4-6-11/h2-6,10,12-13,16H,7-9H2,1H3. The first-order chi connectivity index (χ1) is 8.16. The minimum atomic E-state index is -2.27. The van der Waals surface area contributed by atoms with Crippen LogP contribution < -0.4 is 5.32 Å². The maximum Gasteiger partial charge on any atom is 0.251 e. The van der Waals surface area contributed by atoms with E-state index in [9.17, 15) is 8.78 Å². The Balaban J connectivity index is 2.13. The average molecular weight is 240 g/mol. The van der Waals surface area contributed by atoms with Crippen molar-refractivity contribution in [1.29, 1.82) is 0 Å². The fourth-order valence-corrected chi connectivity index (χ4v) is 2.37. The Labute approximate surface area is 101 Å². The molecule has 0 aliphatic carbocycles. The molecule has 0 amide bonds. The molecule has 1 aromatic rings. The third kappa shape index (κ3) is 3.23. The molecule has 2 atom stereocenters. The van der Waals surface area contributed by atoms with Crippen molar-refractivity contribution in [3.8, 4) is 0 Å². The van der Waals surface area contributed by atoms with Crippen molar-refractivity contribution in [3.05, 3.63) is 35.9 Å². The van der Waals surface area contributed by atoms with E-state index in [1.54, 1.807) is 0 Å². The van der Waals surface area contributed by atoms with Crippen LogP contribution in [0.3, 0.4) is 0 Å². The van der Waals surface area contributed by atoms with E-state index in [1.165, 1.54) is 0 Å². The van der Waals surface area contributed by atoms with Crippen molar-refractivity contribution in [1.82, 2.24) is 10.2 Å². The van der Waals surface area contributed by atoms with Crippen LogP contribution in [0.25, 0.3) is 0 Å². The van der Waals surface area contributed by atoms with Crippen LogP contribution in [0.1, 0.15) is 18.5 Å². The van der Waals surface area contributed by atoms with Crippen LogP contribution in [-0.4, -0.2) is 37.0 Å². The van der Waals surface area contributed by atoms with Gasteiger partial charge in [-0.25, -0.2) is 8.78 Å². The molecule has 1 saturated heterocycles. The van der Waals surface area contributed by atoms with Crippen LogP contribution >= 0.6 is 0 Å². The highest BCUT2D eigenvalue weighted by Crippen LogP contribution is 2.24. The van der Waals surface area contributed by atoms with Crippen molar-refractivity contribution in [2.24, 2.45) is 0 Å². The summed E-state index contributed by atoms with van der Waals surface area (Å²) in [5, 5.41) is 3.35. The fraction of sp³-hybridized carbons (Fsp3) is 0.538. The Bertz CT molecular complexity index is 341. The lowest BCUT2D eigenvalue weighted by molar-refractivity contribution is 0.0447. The number of rotatable bonds is 3. The molecule has 94 valence electrons. The van der Waals surface area contributed by atoms with Gasteiger partial charge in [-0.2, -0.15) is 0 Å². The summed E-state index contributed by atoms with van der Waals surface area (Å²) >= 11 is 0. The predicted octanol–water partition coefficient (Wildman–Crippen LogP) is 2.29. The Morgan fingerprint density at radius 2 is 2.06 bits per heavy atom. The molecule has 1 aliphatic rings. The molecule has 1 N–H and O–H groups in total. The number of nitrogens with zero attached hydrogens (tertiary/aromatic N) is 1. The number of alkyl halides is 2. The zero-order valence-electron chi connectivity index (χ0n) is 9.94. The van der Waals surface area contributed by atoms with Gasteiger partial charge < -0.3 is 5.32 Å². The number of benzene rings is 1. The lowest BCUT2D eigenvalue weighted by Crippen LogP contribution is -2.52. The molecule has 2 nitrogen and oxygen atoms in total. The minimum absolute atomic E-state index is 0.0569. The maximum atomic E-state index is 12.6. The lowest BCUT2D eigenvalue weighted by atomic mass is 10.0. The quantitative estimate of drug-likeness (QED) is 0.872. The van der Waals surface area contributed by atoms with E-state index in [0.29, 0.717) is 6.54 Å². The SMILES string of the molecule is CC1CN(CC(F)F)C(c2ccccc2)CN1. The summed E-state index contributed by atoms with van der Waals surface area (Å²) in [6.45, 7) is 3.28. The van der Waals surface area contributed by atoms with E-state index in [-0.39, 0.29) is 18.6 Å². The molecule has 1 fully saturated rings. The van der Waals surface area contributed by atoms with Crippen molar-refractivity contribution < 1.29 is 8.78 Å². The molecular weight excluding hydrogens is 222 g/mol. The maximum absolute atomic E-state index is 12.6. The van der Waals surface area contributed by atoms with E-state index in [2.05, 4.69) is 5.32 Å². The lowest BCUT2D eigenvalue weighted by Gasteiger charge is -2.39. The molecule has 17 heavy (non-hydrogen) atoms. The molecule has 0 bridgehead atoms. The fourth-order valence-electron chi connectivity index (χ4n) is 2.37. The normalized spacial score (nSPS) is 26.4. The molecular formula is C13H18F2N2. The smallest absolute Gasteiger partial charge is 0.251 e. The summed E-state index contributed by atoms with van der Waals surface area (Å²) in [5.74, 6) is 0. The summed E-state index contributed by atoms with van der Waals surface area (Å²) < 4.78 is 25.1. The third-order valence-electron chi connectivity index (χ3n) is 3.17. The van der Waals surface area contributed by atoms with E-state index in [1.807, 2.05) is 42.2 Å². The van der Waals surface area contributed by atoms with Gasteiger partial charge in [0.2, 0.25) is 0 Å². The summed E-state index contributed by atoms with van der Waals surface area (Å²) in [7, 11) is 0. The molecule has 2 unspecified atom stereocenters. The number of hydrogen-bond acceptors (Lipinski definition) is 2. The second kappa shape index (κ2) is 5.56. The first-order valence-electron chi connectivity index (χ1n) is 5.97. The third-order valence-corrected chi connectivity index (χ3v) is 3.17. The molecule has 4 heteroatoms. The van der Waals surface area contributed by atoms with E-state index < -0.39 is 6.43 Å². The van der Waals surface area contributed by atoms with Crippen molar-refractivity contribution in [2.45, 2.75) is 25.4 Å². The van der Waals surface area contributed by atoms with Gasteiger partial charge in [0.25, 0.3) is 6.43 Å². The Kier molecular flexibility index (Phi) is 4.07. The highest BCUT2D eigenvalue weighted by Gasteiger charge is 2.28. The topological polar surface area (TPSA) is 15.3 Å². The van der Waals surface area contributed by atoms with Crippen LogP contribution in [0.4, 0.5) is 8.78 Å². The van der Waals surface area contributed by atoms with Gasteiger partial charge in [-0.05, 0) is 12.5 Å². The molecule has 1 aromatic carbocycles. The first kappa shape index (κ1) is 12.5. The molecule has 0 aromatic heterocycles. The van der Waals surface area contributed by atoms with E-state index >= 15 is 0 Å². The zero-order valence-corrected chi connectivity index (χ0v) is 9.94. The van der Waals surface area contributed by atoms with Crippen LogP contribution in [0.5, 0.6) is 0 Å². The van der Waals surface area contributed by atoms with Crippen LogP contribution in [-0.2, 0) is 0 Å². The van der Waals surface area contributed by atoms with Gasteiger partial charge in [-0.3, -0.25) is 4.90 Å². The van der Waals surface area contributed by atoms with Crippen LogP contribution in [0.15, 0.2) is 30.3 Å². The molecule has 1 heterocycles. The average Bonchev–Trinajstić information content (AvgIpc) is 2.29. The van der Waals surface area contributed by atoms with Crippen LogP contribution in [0, 0.1) is 0 Å². The monoisotopic (exact) mass is 240 g/mol. The Morgan fingerprint density at radius 3 is 2.71 bits per heavy atom. The highest BCUT2D eigenvalue weighted by atomic mass is 19.3. The van der Waals surface area contributed by atoms with Gasteiger partial charge in [0.15, 0.2) is 0 Å². The predicted molar refractivity (Wildman–Crippen MR) is 64.2 cm³/mol. The van der Waals surface area contributed by atoms with Gasteiger partial charge in [0.05, 0.1) is 6.54 Å². The second-order valence-electron chi connectivity index (χ2n) is 4.58. The van der Waals surface area contributed by atoms with Crippen molar-refractivity contribution >= 4 is 0 Å². The molecule has 0 spiro atoms. The van der Waals surface area contributed by atoms with Crippen molar-refractivity contribution in [2.75, 3.05) is 19.6 Å². The number of hydrogen-bond donors (Lipinski definition) is 1. The number of piperazine rings is 1. The van der Waals surface area contributed by atoms with E-state index in [0.717, 1.165) is 12.1 Å². The molecule has 2 rings (SSSR count). The summed E-state index contributed by atoms with van der Waals surface area (Å²) in [6, 6.07) is 10.2. The molecule has 0 saturated carbocycles. The number of halogens is 2. The summed E-state index contributed by atoms with van der Waals surface area (Å²) in [4.78, 5) is 1.88. The van der Waals surface area contributed by atoms with Crippen molar-refractivity contribution in [3.63, 3.8) is 0 Å². The van der Waals surface area contributed by atoms with Gasteiger partial charge in [-0.15, -0.1) is 0 Å². The first-order valence-corrected chi connectivity index (χ1v) is 5.97. The van der Waals surface area contributed by atoms with Gasteiger partial charge >= 0.3 is 0 Å². The largest absolute Gasteiger partial charge is 0.311 e. The van der Waals surface area contributed by atoms with Gasteiger partial charge in [0, 0.05) is 25.2 Å². The highest BCUT2D eigenvalue weighted by molar-refractivity contribution is 5.20. The Morgan fingerprint density at radius 1 is 1.35 bits per heavy atom. The molecule has 0 radical (unpaired) electrons. The van der Waals surface area contributed by atoms with E-state index in [4.69, 9.17) is 0 Å². The summed E-state index contributed by atoms with van der Waals surface area (Å²) in [5.41, 5.74) is 1.10. The van der Waals surface area contributed by atoms with Crippen LogP contribution in [0.2, 0.25) is 0 Å². The number of nitrogens with one attached hydrogen (secondary N) is 1. The minimum Gasteiger partial charge on any atom is -0.311 e. The summed E-state index contributed by atoms with van der Waals surface area (Å²) in [6.07, 6.45) is -2.27. The zero-order chi connectivity index (χ0) is 12.3. The van der Waals surface area contributed by atoms with Gasteiger partial charge in [0.1, 0.15) is 0 Å².